The minimum atomic E-state index is -3.44. The minimum Gasteiger partial charge on any atom is -0.321 e. The van der Waals surface area contributed by atoms with E-state index in [1.54, 1.807) is 54.6 Å². The predicted octanol–water partition coefficient (Wildman–Crippen LogP) is 4.67. The lowest BCUT2D eigenvalue weighted by atomic mass is 10.1. The second kappa shape index (κ2) is 8.58. The minimum absolute atomic E-state index is 0.189. The number of nitrogens with one attached hydrogen (secondary N) is 1. The maximum atomic E-state index is 12.4. The van der Waals surface area contributed by atoms with Gasteiger partial charge >= 0.3 is 0 Å². The van der Waals surface area contributed by atoms with Crippen molar-refractivity contribution in [3.05, 3.63) is 94.5 Å². The molecule has 3 rings (SSSR count). The van der Waals surface area contributed by atoms with Gasteiger partial charge in [0, 0.05) is 10.0 Å². The highest BCUT2D eigenvalue weighted by Crippen LogP contribution is 2.23. The average molecular weight is 459 g/mol. The molecule has 144 valence electrons. The van der Waals surface area contributed by atoms with E-state index in [-0.39, 0.29) is 12.5 Å². The van der Waals surface area contributed by atoms with Gasteiger partial charge in [-0.15, -0.1) is 0 Å². The number of para-hydroxylation sites is 2. The van der Waals surface area contributed by atoms with Gasteiger partial charge in [-0.2, -0.15) is 0 Å². The molecule has 0 heterocycles. The van der Waals surface area contributed by atoms with Gasteiger partial charge in [0.25, 0.3) is 5.91 Å². The molecule has 0 fully saturated rings. The fourth-order valence-corrected chi connectivity index (χ4v) is 3.95. The first kappa shape index (κ1) is 20.1. The molecule has 0 radical (unpaired) electrons. The van der Waals surface area contributed by atoms with Crippen LogP contribution in [0, 0.1) is 0 Å². The van der Waals surface area contributed by atoms with E-state index in [0.29, 0.717) is 16.9 Å². The number of carbonyl (C=O) groups excluding carboxylic acids is 1. The van der Waals surface area contributed by atoms with Crippen LogP contribution in [0.25, 0.3) is 0 Å². The number of hydrogen-bond donors (Lipinski definition) is 1. The third-order valence-corrected chi connectivity index (χ3v) is 5.94. The topological polar surface area (TPSA) is 66.5 Å². The third kappa shape index (κ3) is 4.99. The Morgan fingerprint density at radius 2 is 1.54 bits per heavy atom. The van der Waals surface area contributed by atoms with Gasteiger partial charge in [0.05, 0.1) is 24.2 Å². The number of sulfonamides is 1. The van der Waals surface area contributed by atoms with Crippen LogP contribution < -0.4 is 9.62 Å². The fraction of sp³-hybridized carbons (Fsp3) is 0.0952. The van der Waals surface area contributed by atoms with E-state index in [9.17, 15) is 13.2 Å². The maximum absolute atomic E-state index is 12.4. The Morgan fingerprint density at radius 3 is 2.14 bits per heavy atom. The summed E-state index contributed by atoms with van der Waals surface area (Å²) in [4.78, 5) is 12.4. The van der Waals surface area contributed by atoms with E-state index >= 15 is 0 Å². The molecule has 0 aliphatic heterocycles. The first-order chi connectivity index (χ1) is 13.3. The van der Waals surface area contributed by atoms with Crippen molar-refractivity contribution >= 4 is 43.2 Å². The molecule has 0 atom stereocenters. The summed E-state index contributed by atoms with van der Waals surface area (Å²) in [6.45, 7) is 0.189. The van der Waals surface area contributed by atoms with E-state index in [1.807, 2.05) is 24.3 Å². The molecular formula is C21H19BrN2O3S. The van der Waals surface area contributed by atoms with Crippen molar-refractivity contribution in [1.29, 1.82) is 0 Å². The van der Waals surface area contributed by atoms with Gasteiger partial charge in [-0.25, -0.2) is 8.42 Å². The largest absolute Gasteiger partial charge is 0.321 e. The molecule has 3 aromatic carbocycles. The molecule has 0 saturated carbocycles. The van der Waals surface area contributed by atoms with Crippen molar-refractivity contribution in [2.24, 2.45) is 0 Å². The highest BCUT2D eigenvalue weighted by Gasteiger charge is 2.18. The number of halogens is 1. The molecule has 1 N–H and O–H groups in total. The Bertz CT molecular complexity index is 1070. The molecule has 0 aliphatic rings. The van der Waals surface area contributed by atoms with Gasteiger partial charge in [0.2, 0.25) is 10.0 Å². The first-order valence-corrected chi connectivity index (χ1v) is 11.2. The van der Waals surface area contributed by atoms with Crippen LogP contribution in [0.4, 0.5) is 11.4 Å². The molecule has 0 unspecified atom stereocenters. The number of carbonyl (C=O) groups is 1. The lowest BCUT2D eigenvalue weighted by Crippen LogP contribution is -2.29. The Labute approximate surface area is 173 Å². The summed E-state index contributed by atoms with van der Waals surface area (Å²) in [6.07, 6.45) is 1.18. The summed E-state index contributed by atoms with van der Waals surface area (Å²) in [6, 6.07) is 23.2. The molecular weight excluding hydrogens is 440 g/mol. The predicted molar refractivity (Wildman–Crippen MR) is 116 cm³/mol. The molecule has 7 heteroatoms. The van der Waals surface area contributed by atoms with Crippen LogP contribution in [-0.4, -0.2) is 20.6 Å². The molecule has 0 spiro atoms. The Balaban J connectivity index is 1.76. The zero-order valence-corrected chi connectivity index (χ0v) is 17.6. The molecule has 0 bridgehead atoms. The zero-order valence-electron chi connectivity index (χ0n) is 15.2. The van der Waals surface area contributed by atoms with Crippen LogP contribution in [0.3, 0.4) is 0 Å². The van der Waals surface area contributed by atoms with Crippen LogP contribution in [0.2, 0.25) is 0 Å². The molecule has 28 heavy (non-hydrogen) atoms. The Morgan fingerprint density at radius 1 is 0.929 bits per heavy atom. The van der Waals surface area contributed by atoms with Crippen molar-refractivity contribution in [2.45, 2.75) is 6.54 Å². The number of amides is 1. The number of rotatable bonds is 6. The van der Waals surface area contributed by atoms with E-state index in [4.69, 9.17) is 0 Å². The standard InChI is InChI=1S/C21H19BrN2O3S/c1-28(26,27)24(18-7-3-2-4-8-18)15-16-11-13-17(14-12-16)21(25)23-20-10-6-5-9-19(20)22/h2-14H,15H2,1H3,(H,23,25). The normalized spacial score (nSPS) is 11.1. The van der Waals surface area contributed by atoms with E-state index < -0.39 is 10.0 Å². The van der Waals surface area contributed by atoms with Gasteiger partial charge in [-0.3, -0.25) is 9.10 Å². The summed E-state index contributed by atoms with van der Waals surface area (Å²) >= 11 is 3.40. The highest BCUT2D eigenvalue weighted by molar-refractivity contribution is 9.10. The first-order valence-electron chi connectivity index (χ1n) is 8.52. The molecule has 0 aliphatic carbocycles. The summed E-state index contributed by atoms with van der Waals surface area (Å²) in [7, 11) is -3.44. The van der Waals surface area contributed by atoms with E-state index in [1.165, 1.54) is 10.6 Å². The van der Waals surface area contributed by atoms with Gasteiger partial charge in [-0.1, -0.05) is 42.5 Å². The van der Waals surface area contributed by atoms with Crippen LogP contribution in [0.1, 0.15) is 15.9 Å². The molecule has 0 saturated heterocycles. The Kier molecular flexibility index (Phi) is 6.16. The average Bonchev–Trinajstić information content (AvgIpc) is 2.68. The number of hydrogen-bond acceptors (Lipinski definition) is 3. The summed E-state index contributed by atoms with van der Waals surface area (Å²) < 4.78 is 26.5. The zero-order chi connectivity index (χ0) is 20.1. The SMILES string of the molecule is CS(=O)(=O)N(Cc1ccc(C(=O)Nc2ccccc2Br)cc1)c1ccccc1. The lowest BCUT2D eigenvalue weighted by molar-refractivity contribution is 0.102. The number of nitrogens with zero attached hydrogens (tertiary/aromatic N) is 1. The summed E-state index contributed by atoms with van der Waals surface area (Å²) in [5, 5.41) is 2.84. The fourth-order valence-electron chi connectivity index (χ4n) is 2.68. The van der Waals surface area contributed by atoms with E-state index in [0.717, 1.165) is 10.0 Å². The van der Waals surface area contributed by atoms with Crippen LogP contribution in [-0.2, 0) is 16.6 Å². The lowest BCUT2D eigenvalue weighted by Gasteiger charge is -2.22. The van der Waals surface area contributed by atoms with Crippen molar-refractivity contribution in [3.63, 3.8) is 0 Å². The molecule has 1 amide bonds. The van der Waals surface area contributed by atoms with E-state index in [2.05, 4.69) is 21.2 Å². The quantitative estimate of drug-likeness (QED) is 0.583. The Hall–Kier alpha value is -2.64. The number of benzene rings is 3. The second-order valence-corrected chi connectivity index (χ2v) is 9.00. The van der Waals surface area contributed by atoms with Crippen LogP contribution >= 0.6 is 15.9 Å². The monoisotopic (exact) mass is 458 g/mol. The smallest absolute Gasteiger partial charge is 0.255 e. The van der Waals surface area contributed by atoms with Crippen molar-refractivity contribution in [3.8, 4) is 0 Å². The molecule has 5 nitrogen and oxygen atoms in total. The van der Waals surface area contributed by atoms with Gasteiger partial charge in [0.15, 0.2) is 0 Å². The second-order valence-electron chi connectivity index (χ2n) is 6.24. The summed E-state index contributed by atoms with van der Waals surface area (Å²) in [5.41, 5.74) is 2.56. The van der Waals surface area contributed by atoms with Gasteiger partial charge in [-0.05, 0) is 57.9 Å². The molecule has 3 aromatic rings. The van der Waals surface area contributed by atoms with Crippen molar-refractivity contribution in [2.75, 3.05) is 15.9 Å². The maximum Gasteiger partial charge on any atom is 0.255 e. The van der Waals surface area contributed by atoms with Crippen molar-refractivity contribution in [1.82, 2.24) is 0 Å². The highest BCUT2D eigenvalue weighted by atomic mass is 79.9. The number of anilines is 2. The van der Waals surface area contributed by atoms with Gasteiger partial charge < -0.3 is 5.32 Å². The van der Waals surface area contributed by atoms with Crippen LogP contribution in [0.5, 0.6) is 0 Å². The third-order valence-electron chi connectivity index (χ3n) is 4.11. The van der Waals surface area contributed by atoms with Crippen molar-refractivity contribution < 1.29 is 13.2 Å². The summed E-state index contributed by atoms with van der Waals surface area (Å²) in [5.74, 6) is -0.235. The van der Waals surface area contributed by atoms with Crippen LogP contribution in [0.15, 0.2) is 83.3 Å². The molecule has 0 aromatic heterocycles. The van der Waals surface area contributed by atoms with Gasteiger partial charge in [0.1, 0.15) is 0 Å².